The van der Waals surface area contributed by atoms with Gasteiger partial charge in [0.1, 0.15) is 0 Å². The monoisotopic (exact) mass is 214 g/mol. The van der Waals surface area contributed by atoms with Crippen molar-refractivity contribution in [3.05, 3.63) is 0 Å². The molecule has 90 valence electrons. The van der Waals surface area contributed by atoms with Crippen LogP contribution < -0.4 is 5.32 Å². The van der Waals surface area contributed by atoms with Gasteiger partial charge in [-0.2, -0.15) is 0 Å². The number of amides is 1. The van der Waals surface area contributed by atoms with E-state index in [0.29, 0.717) is 12.5 Å². The first-order chi connectivity index (χ1) is 7.19. The number of rotatable bonds is 8. The summed E-state index contributed by atoms with van der Waals surface area (Å²) in [5.74, 6) is 0.877. The molecule has 0 heterocycles. The standard InChI is InChI=1S/C12H26N2O/c1-5-11(6-2)10-14(8-4)12(15)9-13-7-3/h11,13H,5-10H2,1-4H3. The van der Waals surface area contributed by atoms with Gasteiger partial charge in [0, 0.05) is 13.1 Å². The molecular formula is C12H26N2O. The second-order valence-corrected chi connectivity index (χ2v) is 3.90. The van der Waals surface area contributed by atoms with Gasteiger partial charge >= 0.3 is 0 Å². The van der Waals surface area contributed by atoms with Crippen LogP contribution in [0.1, 0.15) is 40.5 Å². The largest absolute Gasteiger partial charge is 0.342 e. The molecule has 15 heavy (non-hydrogen) atoms. The molecule has 3 heteroatoms. The molecule has 3 nitrogen and oxygen atoms in total. The van der Waals surface area contributed by atoms with Crippen molar-refractivity contribution in [3.8, 4) is 0 Å². The van der Waals surface area contributed by atoms with E-state index >= 15 is 0 Å². The zero-order chi connectivity index (χ0) is 11.7. The first-order valence-electron chi connectivity index (χ1n) is 6.17. The topological polar surface area (TPSA) is 32.3 Å². The van der Waals surface area contributed by atoms with Crippen LogP contribution in [0.3, 0.4) is 0 Å². The Bertz CT molecular complexity index is 167. The maximum absolute atomic E-state index is 11.8. The lowest BCUT2D eigenvalue weighted by molar-refractivity contribution is -0.130. The van der Waals surface area contributed by atoms with E-state index in [4.69, 9.17) is 0 Å². The lowest BCUT2D eigenvalue weighted by Gasteiger charge is -2.25. The second-order valence-electron chi connectivity index (χ2n) is 3.90. The molecule has 0 saturated carbocycles. The van der Waals surface area contributed by atoms with E-state index < -0.39 is 0 Å². The molecular weight excluding hydrogens is 188 g/mol. The van der Waals surface area contributed by atoms with Gasteiger partial charge in [0.2, 0.25) is 5.91 Å². The number of nitrogens with zero attached hydrogens (tertiary/aromatic N) is 1. The van der Waals surface area contributed by atoms with Crippen molar-refractivity contribution in [2.45, 2.75) is 40.5 Å². The first kappa shape index (κ1) is 14.4. The molecule has 0 rings (SSSR count). The molecule has 0 aromatic rings. The van der Waals surface area contributed by atoms with Crippen molar-refractivity contribution in [1.29, 1.82) is 0 Å². The van der Waals surface area contributed by atoms with Crippen LogP contribution in [0, 0.1) is 5.92 Å². The van der Waals surface area contributed by atoms with E-state index in [1.54, 1.807) is 0 Å². The summed E-state index contributed by atoms with van der Waals surface area (Å²) in [5.41, 5.74) is 0. The van der Waals surface area contributed by atoms with Crippen molar-refractivity contribution in [3.63, 3.8) is 0 Å². The van der Waals surface area contributed by atoms with E-state index in [0.717, 1.165) is 32.5 Å². The fourth-order valence-corrected chi connectivity index (χ4v) is 1.61. The fraction of sp³-hybridized carbons (Fsp3) is 0.917. The Morgan fingerprint density at radius 1 is 1.20 bits per heavy atom. The molecule has 1 amide bonds. The highest BCUT2D eigenvalue weighted by Crippen LogP contribution is 2.09. The molecule has 0 atom stereocenters. The van der Waals surface area contributed by atoms with Gasteiger partial charge in [-0.3, -0.25) is 4.79 Å². The minimum Gasteiger partial charge on any atom is -0.342 e. The number of hydrogen-bond donors (Lipinski definition) is 1. The predicted molar refractivity (Wildman–Crippen MR) is 64.9 cm³/mol. The van der Waals surface area contributed by atoms with Crippen molar-refractivity contribution < 1.29 is 4.79 Å². The highest BCUT2D eigenvalue weighted by molar-refractivity contribution is 5.78. The Hall–Kier alpha value is -0.570. The molecule has 0 spiro atoms. The summed E-state index contributed by atoms with van der Waals surface area (Å²) in [6, 6.07) is 0. The van der Waals surface area contributed by atoms with Crippen LogP contribution in [0.4, 0.5) is 0 Å². The summed E-state index contributed by atoms with van der Waals surface area (Å²) in [4.78, 5) is 13.7. The Morgan fingerprint density at radius 2 is 1.80 bits per heavy atom. The molecule has 1 N–H and O–H groups in total. The molecule has 0 bridgehead atoms. The number of carbonyl (C=O) groups is 1. The van der Waals surface area contributed by atoms with Crippen LogP contribution in [0.2, 0.25) is 0 Å². The summed E-state index contributed by atoms with van der Waals surface area (Å²) in [6.07, 6.45) is 2.31. The van der Waals surface area contributed by atoms with E-state index in [1.807, 2.05) is 18.7 Å². The zero-order valence-electron chi connectivity index (χ0n) is 10.7. The van der Waals surface area contributed by atoms with Gasteiger partial charge in [0.25, 0.3) is 0 Å². The summed E-state index contributed by atoms with van der Waals surface area (Å²) >= 11 is 0. The van der Waals surface area contributed by atoms with Crippen LogP contribution in [-0.2, 0) is 4.79 Å². The summed E-state index contributed by atoms with van der Waals surface area (Å²) in [6.45, 7) is 11.5. The summed E-state index contributed by atoms with van der Waals surface area (Å²) < 4.78 is 0. The predicted octanol–water partition coefficient (Wildman–Crippen LogP) is 1.88. The van der Waals surface area contributed by atoms with Gasteiger partial charge < -0.3 is 10.2 Å². The lowest BCUT2D eigenvalue weighted by Crippen LogP contribution is -2.40. The number of likely N-dealkylation sites (N-methyl/N-ethyl adjacent to an activating group) is 2. The second kappa shape index (κ2) is 8.72. The van der Waals surface area contributed by atoms with Gasteiger partial charge in [-0.25, -0.2) is 0 Å². The van der Waals surface area contributed by atoms with Crippen LogP contribution in [-0.4, -0.2) is 37.0 Å². The number of nitrogens with one attached hydrogen (secondary N) is 1. The SMILES string of the molecule is CCNCC(=O)N(CC)CC(CC)CC. The molecule has 0 aromatic heterocycles. The Kier molecular flexibility index (Phi) is 8.38. The molecule has 0 aliphatic heterocycles. The Balaban J connectivity index is 4.04. The third-order valence-corrected chi connectivity index (χ3v) is 2.89. The highest BCUT2D eigenvalue weighted by atomic mass is 16.2. The van der Waals surface area contributed by atoms with Crippen molar-refractivity contribution in [1.82, 2.24) is 10.2 Å². The lowest BCUT2D eigenvalue weighted by atomic mass is 10.0. The summed E-state index contributed by atoms with van der Waals surface area (Å²) in [7, 11) is 0. The van der Waals surface area contributed by atoms with E-state index in [2.05, 4.69) is 19.2 Å². The quantitative estimate of drug-likeness (QED) is 0.669. The van der Waals surface area contributed by atoms with Crippen molar-refractivity contribution in [2.75, 3.05) is 26.2 Å². The normalized spacial score (nSPS) is 10.7. The molecule has 0 saturated heterocycles. The third-order valence-electron chi connectivity index (χ3n) is 2.89. The van der Waals surface area contributed by atoms with Crippen LogP contribution in [0.5, 0.6) is 0 Å². The van der Waals surface area contributed by atoms with E-state index in [9.17, 15) is 4.79 Å². The maximum Gasteiger partial charge on any atom is 0.236 e. The average molecular weight is 214 g/mol. The fourth-order valence-electron chi connectivity index (χ4n) is 1.61. The smallest absolute Gasteiger partial charge is 0.236 e. The summed E-state index contributed by atoms with van der Waals surface area (Å²) in [5, 5.41) is 3.08. The van der Waals surface area contributed by atoms with Crippen molar-refractivity contribution >= 4 is 5.91 Å². The van der Waals surface area contributed by atoms with Crippen molar-refractivity contribution in [2.24, 2.45) is 5.92 Å². The van der Waals surface area contributed by atoms with Crippen LogP contribution in [0.15, 0.2) is 0 Å². The van der Waals surface area contributed by atoms with Gasteiger partial charge in [-0.05, 0) is 19.4 Å². The van der Waals surface area contributed by atoms with Gasteiger partial charge in [-0.15, -0.1) is 0 Å². The molecule has 0 unspecified atom stereocenters. The molecule has 0 radical (unpaired) electrons. The van der Waals surface area contributed by atoms with E-state index in [1.165, 1.54) is 0 Å². The van der Waals surface area contributed by atoms with Gasteiger partial charge in [0.15, 0.2) is 0 Å². The molecule has 0 aliphatic rings. The third kappa shape index (κ3) is 5.78. The molecule has 0 aromatic carbocycles. The number of hydrogen-bond acceptors (Lipinski definition) is 2. The molecule has 0 aliphatic carbocycles. The minimum atomic E-state index is 0.228. The van der Waals surface area contributed by atoms with Crippen LogP contribution in [0.25, 0.3) is 0 Å². The average Bonchev–Trinajstić information content (AvgIpc) is 2.27. The molecule has 0 fully saturated rings. The van der Waals surface area contributed by atoms with Crippen LogP contribution >= 0.6 is 0 Å². The highest BCUT2D eigenvalue weighted by Gasteiger charge is 2.14. The number of carbonyl (C=O) groups excluding carboxylic acids is 1. The Labute approximate surface area is 94.2 Å². The first-order valence-corrected chi connectivity index (χ1v) is 6.17. The minimum absolute atomic E-state index is 0.228. The Morgan fingerprint density at radius 3 is 2.20 bits per heavy atom. The zero-order valence-corrected chi connectivity index (χ0v) is 10.7. The van der Waals surface area contributed by atoms with Gasteiger partial charge in [-0.1, -0.05) is 33.6 Å². The van der Waals surface area contributed by atoms with Gasteiger partial charge in [0.05, 0.1) is 6.54 Å². The van der Waals surface area contributed by atoms with E-state index in [-0.39, 0.29) is 5.91 Å². The maximum atomic E-state index is 11.8.